The van der Waals surface area contributed by atoms with Gasteiger partial charge in [0.1, 0.15) is 5.75 Å². The molecule has 8 heteroatoms. The number of fused-ring (bicyclic) bond motifs is 1. The molecule has 7 nitrogen and oxygen atoms in total. The molecule has 1 amide bonds. The fourth-order valence-corrected chi connectivity index (χ4v) is 2.96. The number of benzene rings is 1. The lowest BCUT2D eigenvalue weighted by molar-refractivity contribution is -0.118. The first-order chi connectivity index (χ1) is 9.44. The standard InChI is InChI=1S/C12H14N4O3S/c13-7-1-4-9-10(5-7)16-12(15-9)20(18,19)6-11(17)14-8-2-3-8/h1,4-5,8H,2-3,6,13H2,(H,14,17)(H,15,16). The van der Waals surface area contributed by atoms with Crippen molar-refractivity contribution < 1.29 is 13.2 Å². The summed E-state index contributed by atoms with van der Waals surface area (Å²) in [4.78, 5) is 18.3. The predicted molar refractivity (Wildman–Crippen MR) is 73.7 cm³/mol. The molecule has 1 fully saturated rings. The van der Waals surface area contributed by atoms with Crippen LogP contribution in [0.2, 0.25) is 0 Å². The molecule has 106 valence electrons. The maximum absolute atomic E-state index is 12.1. The number of aromatic amines is 1. The van der Waals surface area contributed by atoms with Gasteiger partial charge < -0.3 is 16.0 Å². The van der Waals surface area contributed by atoms with Crippen LogP contribution in [0.3, 0.4) is 0 Å². The monoisotopic (exact) mass is 294 g/mol. The second-order valence-electron chi connectivity index (χ2n) is 4.92. The van der Waals surface area contributed by atoms with Crippen molar-refractivity contribution in [3.05, 3.63) is 18.2 Å². The molecular weight excluding hydrogens is 280 g/mol. The summed E-state index contributed by atoms with van der Waals surface area (Å²) in [6, 6.07) is 5.00. The van der Waals surface area contributed by atoms with Crippen molar-refractivity contribution in [2.24, 2.45) is 0 Å². The van der Waals surface area contributed by atoms with Gasteiger partial charge in [-0.2, -0.15) is 0 Å². The molecule has 20 heavy (non-hydrogen) atoms. The van der Waals surface area contributed by atoms with E-state index in [1.165, 1.54) is 0 Å². The number of carbonyl (C=O) groups is 1. The molecular formula is C12H14N4O3S. The minimum atomic E-state index is -3.77. The SMILES string of the molecule is Nc1ccc2nc(S(=O)(=O)CC(=O)NC3CC3)[nH]c2c1. The van der Waals surface area contributed by atoms with Gasteiger partial charge in [0.2, 0.25) is 20.9 Å². The molecule has 3 rings (SSSR count). The third-order valence-electron chi connectivity index (χ3n) is 3.04. The number of hydrogen-bond donors (Lipinski definition) is 3. The highest BCUT2D eigenvalue weighted by Crippen LogP contribution is 2.20. The fraction of sp³-hybridized carbons (Fsp3) is 0.333. The minimum absolute atomic E-state index is 0.133. The van der Waals surface area contributed by atoms with Gasteiger partial charge in [0, 0.05) is 11.7 Å². The van der Waals surface area contributed by atoms with Gasteiger partial charge in [-0.15, -0.1) is 0 Å². The summed E-state index contributed by atoms with van der Waals surface area (Å²) < 4.78 is 24.2. The van der Waals surface area contributed by atoms with Crippen molar-refractivity contribution in [1.82, 2.24) is 15.3 Å². The van der Waals surface area contributed by atoms with Gasteiger partial charge in [-0.3, -0.25) is 4.79 Å². The molecule has 1 aliphatic rings. The maximum Gasteiger partial charge on any atom is 0.235 e. The van der Waals surface area contributed by atoms with E-state index in [2.05, 4.69) is 15.3 Å². The number of imidazole rings is 1. The lowest BCUT2D eigenvalue weighted by atomic mass is 10.3. The highest BCUT2D eigenvalue weighted by atomic mass is 32.2. The Morgan fingerprint density at radius 2 is 2.20 bits per heavy atom. The summed E-state index contributed by atoms with van der Waals surface area (Å²) in [6.45, 7) is 0. The summed E-state index contributed by atoms with van der Waals surface area (Å²) in [5, 5.41) is 2.44. The summed E-state index contributed by atoms with van der Waals surface area (Å²) in [7, 11) is -3.77. The minimum Gasteiger partial charge on any atom is -0.399 e. The molecule has 0 bridgehead atoms. The second kappa shape index (κ2) is 4.48. The second-order valence-corrected chi connectivity index (χ2v) is 6.82. The Labute approximate surface area is 115 Å². The van der Waals surface area contributed by atoms with Gasteiger partial charge in [0.25, 0.3) is 0 Å². The van der Waals surface area contributed by atoms with E-state index in [-0.39, 0.29) is 11.2 Å². The molecule has 0 radical (unpaired) electrons. The Morgan fingerprint density at radius 3 is 2.90 bits per heavy atom. The van der Waals surface area contributed by atoms with Gasteiger partial charge in [-0.1, -0.05) is 0 Å². The zero-order valence-electron chi connectivity index (χ0n) is 10.6. The lowest BCUT2D eigenvalue weighted by Gasteiger charge is -2.02. The highest BCUT2D eigenvalue weighted by molar-refractivity contribution is 7.91. The van der Waals surface area contributed by atoms with Gasteiger partial charge in [-0.25, -0.2) is 13.4 Å². The van der Waals surface area contributed by atoms with Crippen LogP contribution in [-0.4, -0.2) is 36.1 Å². The fourth-order valence-electron chi connectivity index (χ4n) is 1.89. The van der Waals surface area contributed by atoms with Crippen LogP contribution in [-0.2, 0) is 14.6 Å². The third-order valence-corrected chi connectivity index (χ3v) is 4.47. The van der Waals surface area contributed by atoms with E-state index in [0.717, 1.165) is 12.8 Å². The average Bonchev–Trinajstić information content (AvgIpc) is 3.04. The van der Waals surface area contributed by atoms with Crippen molar-refractivity contribution in [3.8, 4) is 0 Å². The zero-order chi connectivity index (χ0) is 14.3. The Hall–Kier alpha value is -2.09. The van der Waals surface area contributed by atoms with Crippen LogP contribution in [0, 0.1) is 0 Å². The number of nitrogens with zero attached hydrogens (tertiary/aromatic N) is 1. The first kappa shape index (κ1) is 12.9. The Balaban J connectivity index is 1.86. The molecule has 1 aromatic heterocycles. The van der Waals surface area contributed by atoms with Crippen LogP contribution in [0.25, 0.3) is 11.0 Å². The van der Waals surface area contributed by atoms with Crippen LogP contribution in [0.15, 0.2) is 23.4 Å². The smallest absolute Gasteiger partial charge is 0.235 e. The third kappa shape index (κ3) is 2.60. The number of sulfone groups is 1. The van der Waals surface area contributed by atoms with Gasteiger partial charge in [-0.05, 0) is 31.0 Å². The van der Waals surface area contributed by atoms with E-state index < -0.39 is 21.5 Å². The van der Waals surface area contributed by atoms with Crippen LogP contribution < -0.4 is 11.1 Å². The topological polar surface area (TPSA) is 118 Å². The number of aromatic nitrogens is 2. The summed E-state index contributed by atoms with van der Waals surface area (Å²) in [5.74, 6) is -1.09. The quantitative estimate of drug-likeness (QED) is 0.696. The van der Waals surface area contributed by atoms with E-state index in [9.17, 15) is 13.2 Å². The number of nitrogens with two attached hydrogens (primary N) is 1. The van der Waals surface area contributed by atoms with Crippen molar-refractivity contribution in [1.29, 1.82) is 0 Å². The van der Waals surface area contributed by atoms with Crippen LogP contribution in [0.1, 0.15) is 12.8 Å². The van der Waals surface area contributed by atoms with E-state index >= 15 is 0 Å². The molecule has 1 aliphatic carbocycles. The van der Waals surface area contributed by atoms with Crippen molar-refractivity contribution in [3.63, 3.8) is 0 Å². The zero-order valence-corrected chi connectivity index (χ0v) is 11.4. The summed E-state index contributed by atoms with van der Waals surface area (Å²) >= 11 is 0. The van der Waals surface area contributed by atoms with E-state index in [1.807, 2.05) is 0 Å². The van der Waals surface area contributed by atoms with Crippen LogP contribution in [0.5, 0.6) is 0 Å². The molecule has 2 aromatic rings. The van der Waals surface area contributed by atoms with Crippen molar-refractivity contribution in [2.75, 3.05) is 11.5 Å². The predicted octanol–water partition coefficient (Wildman–Crippen LogP) is 0.197. The van der Waals surface area contributed by atoms with Crippen molar-refractivity contribution >= 4 is 32.5 Å². The molecule has 0 unspecified atom stereocenters. The number of nitrogen functional groups attached to an aromatic ring is 1. The number of rotatable bonds is 4. The molecule has 0 aliphatic heterocycles. The maximum atomic E-state index is 12.1. The number of amides is 1. The average molecular weight is 294 g/mol. The highest BCUT2D eigenvalue weighted by Gasteiger charge is 2.28. The van der Waals surface area contributed by atoms with E-state index in [1.54, 1.807) is 18.2 Å². The summed E-state index contributed by atoms with van der Waals surface area (Å²) in [5.41, 5.74) is 7.17. The molecule has 0 saturated heterocycles. The first-order valence-electron chi connectivity index (χ1n) is 6.21. The molecule has 0 atom stereocenters. The van der Waals surface area contributed by atoms with Crippen LogP contribution in [0.4, 0.5) is 5.69 Å². The molecule has 1 aromatic carbocycles. The number of nitrogens with one attached hydrogen (secondary N) is 2. The Bertz CT molecular complexity index is 777. The number of carbonyl (C=O) groups excluding carboxylic acids is 1. The molecule has 4 N–H and O–H groups in total. The lowest BCUT2D eigenvalue weighted by Crippen LogP contribution is -2.32. The molecule has 0 spiro atoms. The Morgan fingerprint density at radius 1 is 1.45 bits per heavy atom. The van der Waals surface area contributed by atoms with Gasteiger partial charge in [0.15, 0.2) is 0 Å². The number of anilines is 1. The normalized spacial score (nSPS) is 15.4. The van der Waals surface area contributed by atoms with Crippen LogP contribution >= 0.6 is 0 Å². The van der Waals surface area contributed by atoms with E-state index in [4.69, 9.17) is 5.73 Å². The van der Waals surface area contributed by atoms with E-state index in [0.29, 0.717) is 16.7 Å². The Kier molecular flexibility index (Phi) is 2.89. The summed E-state index contributed by atoms with van der Waals surface area (Å²) in [6.07, 6.45) is 1.82. The number of H-pyrrole nitrogens is 1. The van der Waals surface area contributed by atoms with Gasteiger partial charge in [0.05, 0.1) is 11.0 Å². The van der Waals surface area contributed by atoms with Crippen molar-refractivity contribution in [2.45, 2.75) is 24.0 Å². The largest absolute Gasteiger partial charge is 0.399 e. The first-order valence-corrected chi connectivity index (χ1v) is 7.87. The number of hydrogen-bond acceptors (Lipinski definition) is 5. The molecule has 1 saturated carbocycles. The molecule has 1 heterocycles. The van der Waals surface area contributed by atoms with Gasteiger partial charge >= 0.3 is 0 Å².